The number of rotatable bonds is 6. The van der Waals surface area contributed by atoms with Crippen LogP contribution in [0.25, 0.3) is 16.7 Å². The summed E-state index contributed by atoms with van der Waals surface area (Å²) in [5.41, 5.74) is 4.45. The van der Waals surface area contributed by atoms with Gasteiger partial charge in [0.2, 0.25) is 5.91 Å². The summed E-state index contributed by atoms with van der Waals surface area (Å²) in [7, 11) is 0. The van der Waals surface area contributed by atoms with Crippen LogP contribution in [0.3, 0.4) is 0 Å². The third kappa shape index (κ3) is 4.43. The van der Waals surface area contributed by atoms with E-state index < -0.39 is 0 Å². The zero-order valence-corrected chi connectivity index (χ0v) is 18.2. The maximum atomic E-state index is 13.0. The van der Waals surface area contributed by atoms with Crippen LogP contribution >= 0.6 is 0 Å². The van der Waals surface area contributed by atoms with Crippen molar-refractivity contribution in [2.45, 2.75) is 19.4 Å². The maximum absolute atomic E-state index is 13.0. The van der Waals surface area contributed by atoms with Gasteiger partial charge >= 0.3 is 0 Å². The molecule has 0 spiro atoms. The smallest absolute Gasteiger partial charge is 0.223 e. The van der Waals surface area contributed by atoms with Crippen molar-refractivity contribution < 1.29 is 4.79 Å². The number of nitrogens with zero attached hydrogens (tertiary/aromatic N) is 4. The molecule has 1 amide bonds. The zero-order chi connectivity index (χ0) is 21.8. The van der Waals surface area contributed by atoms with E-state index in [1.54, 1.807) is 0 Å². The van der Waals surface area contributed by atoms with Gasteiger partial charge in [-0.1, -0.05) is 60.7 Å². The van der Waals surface area contributed by atoms with Gasteiger partial charge in [-0.2, -0.15) is 0 Å². The van der Waals surface area contributed by atoms with Crippen LogP contribution in [-0.2, 0) is 17.8 Å². The van der Waals surface area contributed by atoms with Crippen LogP contribution in [0.4, 0.5) is 0 Å². The molecule has 3 aromatic carbocycles. The molecule has 1 aliphatic heterocycles. The van der Waals surface area contributed by atoms with E-state index in [-0.39, 0.29) is 5.91 Å². The van der Waals surface area contributed by atoms with Gasteiger partial charge in [0.25, 0.3) is 0 Å². The molecular weight excluding hydrogens is 396 g/mol. The highest BCUT2D eigenvalue weighted by Crippen LogP contribution is 2.22. The van der Waals surface area contributed by atoms with Gasteiger partial charge in [-0.3, -0.25) is 14.3 Å². The summed E-state index contributed by atoms with van der Waals surface area (Å²) in [6.07, 6.45) is 1.11. The fourth-order valence-electron chi connectivity index (χ4n) is 4.48. The summed E-state index contributed by atoms with van der Waals surface area (Å²) < 4.78 is 2.18. The van der Waals surface area contributed by atoms with Crippen LogP contribution in [0, 0.1) is 0 Å². The number of fused-ring (bicyclic) bond motifs is 1. The number of para-hydroxylation sites is 3. The van der Waals surface area contributed by atoms with E-state index in [0.29, 0.717) is 12.8 Å². The highest BCUT2D eigenvalue weighted by molar-refractivity contribution is 5.79. The van der Waals surface area contributed by atoms with E-state index in [0.717, 1.165) is 55.3 Å². The average molecular weight is 425 g/mol. The third-order valence-corrected chi connectivity index (χ3v) is 6.18. The molecule has 4 aromatic rings. The van der Waals surface area contributed by atoms with Gasteiger partial charge in [0.05, 0.1) is 11.0 Å². The number of benzene rings is 3. The van der Waals surface area contributed by atoms with Crippen molar-refractivity contribution in [3.8, 4) is 5.69 Å². The summed E-state index contributed by atoms with van der Waals surface area (Å²) >= 11 is 0. The number of hydrogen-bond donors (Lipinski definition) is 0. The van der Waals surface area contributed by atoms with Crippen molar-refractivity contribution in [3.05, 3.63) is 96.3 Å². The first kappa shape index (κ1) is 20.5. The monoisotopic (exact) mass is 424 g/mol. The highest BCUT2D eigenvalue weighted by atomic mass is 16.2. The van der Waals surface area contributed by atoms with Crippen molar-refractivity contribution in [2.75, 3.05) is 26.2 Å². The molecule has 32 heavy (non-hydrogen) atoms. The summed E-state index contributed by atoms with van der Waals surface area (Å²) in [5.74, 6) is 1.16. The SMILES string of the molecule is O=C(CCc1nc2ccccc2n1-c1ccccc1)N1CCN(Cc2ccccc2)CC1. The van der Waals surface area contributed by atoms with Gasteiger partial charge in [-0.05, 0) is 29.8 Å². The minimum absolute atomic E-state index is 0.219. The van der Waals surface area contributed by atoms with E-state index in [2.05, 4.69) is 51.9 Å². The van der Waals surface area contributed by atoms with Crippen LogP contribution in [0.5, 0.6) is 0 Å². The summed E-state index contributed by atoms with van der Waals surface area (Å²) in [5, 5.41) is 0. The highest BCUT2D eigenvalue weighted by Gasteiger charge is 2.22. The fraction of sp³-hybridized carbons (Fsp3) is 0.259. The Kier molecular flexibility index (Phi) is 5.99. The minimum atomic E-state index is 0.219. The molecule has 0 radical (unpaired) electrons. The molecule has 0 unspecified atom stereocenters. The summed E-state index contributed by atoms with van der Waals surface area (Å²) in [6.45, 7) is 4.37. The van der Waals surface area contributed by atoms with Gasteiger partial charge < -0.3 is 4.90 Å². The van der Waals surface area contributed by atoms with E-state index in [1.165, 1.54) is 5.56 Å². The van der Waals surface area contributed by atoms with Crippen LogP contribution in [0.1, 0.15) is 17.8 Å². The van der Waals surface area contributed by atoms with Crippen LogP contribution < -0.4 is 0 Å². The van der Waals surface area contributed by atoms with Crippen molar-refractivity contribution >= 4 is 16.9 Å². The number of carbonyl (C=O) groups excluding carboxylic acids is 1. The van der Waals surface area contributed by atoms with Crippen LogP contribution in [0.2, 0.25) is 0 Å². The van der Waals surface area contributed by atoms with Gasteiger partial charge in [0.1, 0.15) is 5.82 Å². The Balaban J connectivity index is 1.23. The zero-order valence-electron chi connectivity index (χ0n) is 18.2. The lowest BCUT2D eigenvalue weighted by Gasteiger charge is -2.34. The second-order valence-electron chi connectivity index (χ2n) is 8.33. The molecule has 0 N–H and O–H groups in total. The van der Waals surface area contributed by atoms with E-state index >= 15 is 0 Å². The predicted molar refractivity (Wildman–Crippen MR) is 128 cm³/mol. The number of piperazine rings is 1. The Hall–Kier alpha value is -3.44. The Bertz CT molecular complexity index is 1180. The molecule has 1 fully saturated rings. The second kappa shape index (κ2) is 9.37. The molecule has 1 aliphatic rings. The molecule has 0 saturated carbocycles. The van der Waals surface area contributed by atoms with Gasteiger partial charge in [-0.15, -0.1) is 0 Å². The molecule has 0 aliphatic carbocycles. The number of aromatic nitrogens is 2. The maximum Gasteiger partial charge on any atom is 0.223 e. The first-order chi connectivity index (χ1) is 15.8. The van der Waals surface area contributed by atoms with Crippen molar-refractivity contribution in [2.24, 2.45) is 0 Å². The van der Waals surface area contributed by atoms with Crippen molar-refractivity contribution in [3.63, 3.8) is 0 Å². The summed E-state index contributed by atoms with van der Waals surface area (Å²) in [4.78, 5) is 22.3. The van der Waals surface area contributed by atoms with Gasteiger partial charge in [0.15, 0.2) is 0 Å². The molecule has 162 valence electrons. The van der Waals surface area contributed by atoms with Crippen molar-refractivity contribution in [1.29, 1.82) is 0 Å². The standard InChI is InChI=1S/C27H28N4O/c32-27(30-19-17-29(18-20-30)21-22-9-3-1-4-10-22)16-15-26-28-24-13-7-8-14-25(24)31(26)23-11-5-2-6-12-23/h1-14H,15-21H2. The number of imidazole rings is 1. The molecule has 5 rings (SSSR count). The first-order valence-corrected chi connectivity index (χ1v) is 11.3. The quantitative estimate of drug-likeness (QED) is 0.463. The lowest BCUT2D eigenvalue weighted by molar-refractivity contribution is -0.133. The molecule has 0 atom stereocenters. The first-order valence-electron chi connectivity index (χ1n) is 11.3. The summed E-state index contributed by atoms with van der Waals surface area (Å²) in [6, 6.07) is 29.0. The number of aryl methyl sites for hydroxylation is 1. The third-order valence-electron chi connectivity index (χ3n) is 6.18. The van der Waals surface area contributed by atoms with Crippen LogP contribution in [0.15, 0.2) is 84.9 Å². The number of carbonyl (C=O) groups is 1. The normalized spacial score (nSPS) is 14.7. The fourth-order valence-corrected chi connectivity index (χ4v) is 4.48. The molecule has 1 saturated heterocycles. The molecular formula is C27H28N4O. The molecule has 5 heteroatoms. The number of hydrogen-bond acceptors (Lipinski definition) is 3. The Morgan fingerprint density at radius 3 is 2.19 bits per heavy atom. The van der Waals surface area contributed by atoms with Crippen LogP contribution in [-0.4, -0.2) is 51.4 Å². The van der Waals surface area contributed by atoms with E-state index in [4.69, 9.17) is 4.98 Å². The largest absolute Gasteiger partial charge is 0.340 e. The predicted octanol–water partition coefficient (Wildman–Crippen LogP) is 4.30. The minimum Gasteiger partial charge on any atom is -0.340 e. The van der Waals surface area contributed by atoms with E-state index in [1.807, 2.05) is 47.4 Å². The lowest BCUT2D eigenvalue weighted by atomic mass is 10.2. The van der Waals surface area contributed by atoms with Gasteiger partial charge in [-0.25, -0.2) is 4.98 Å². The Morgan fingerprint density at radius 2 is 1.44 bits per heavy atom. The lowest BCUT2D eigenvalue weighted by Crippen LogP contribution is -2.48. The topological polar surface area (TPSA) is 41.4 Å². The van der Waals surface area contributed by atoms with Gasteiger partial charge in [0, 0.05) is 51.3 Å². The molecule has 5 nitrogen and oxygen atoms in total. The van der Waals surface area contributed by atoms with E-state index in [9.17, 15) is 4.79 Å². The Labute approximate surface area is 188 Å². The average Bonchev–Trinajstić information content (AvgIpc) is 3.22. The van der Waals surface area contributed by atoms with Crippen molar-refractivity contribution in [1.82, 2.24) is 19.4 Å². The Morgan fingerprint density at radius 1 is 0.781 bits per heavy atom. The second-order valence-corrected chi connectivity index (χ2v) is 8.33. The molecule has 0 bridgehead atoms. The molecule has 1 aromatic heterocycles. The number of amides is 1. The molecule has 2 heterocycles.